The monoisotopic (exact) mass is 337 g/mol. The van der Waals surface area contributed by atoms with E-state index in [2.05, 4.69) is 15.5 Å². The molecule has 5 nitrogen and oxygen atoms in total. The lowest BCUT2D eigenvalue weighted by Gasteiger charge is -2.09. The van der Waals surface area contributed by atoms with Crippen LogP contribution < -0.4 is 10.1 Å². The standard InChI is InChI=1S/C11H7ClF3N3O2S/c1-20-10-18-17-9(21-10)16-8(19)6-3-2-5(4-7(6)12)11(13,14)15/h2-4H,1H3,(H,16,17,19). The topological polar surface area (TPSA) is 64.1 Å². The van der Waals surface area contributed by atoms with Crippen molar-refractivity contribution in [2.45, 2.75) is 6.18 Å². The van der Waals surface area contributed by atoms with E-state index in [1.165, 1.54) is 7.11 Å². The van der Waals surface area contributed by atoms with Crippen LogP contribution in [0.25, 0.3) is 0 Å². The van der Waals surface area contributed by atoms with E-state index < -0.39 is 17.6 Å². The lowest BCUT2D eigenvalue weighted by molar-refractivity contribution is -0.137. The summed E-state index contributed by atoms with van der Waals surface area (Å²) in [5, 5.41) is 9.68. The average molecular weight is 338 g/mol. The van der Waals surface area contributed by atoms with E-state index in [9.17, 15) is 18.0 Å². The fourth-order valence-electron chi connectivity index (χ4n) is 1.38. The van der Waals surface area contributed by atoms with Gasteiger partial charge in [-0.15, -0.1) is 5.10 Å². The number of hydrogen-bond donors (Lipinski definition) is 1. The summed E-state index contributed by atoms with van der Waals surface area (Å²) >= 11 is 6.68. The molecule has 0 fully saturated rings. The van der Waals surface area contributed by atoms with E-state index in [4.69, 9.17) is 16.3 Å². The number of carbonyl (C=O) groups is 1. The molecule has 0 spiro atoms. The number of aromatic nitrogens is 2. The molecule has 0 atom stereocenters. The van der Waals surface area contributed by atoms with Crippen LogP contribution in [0.5, 0.6) is 5.19 Å². The Hall–Kier alpha value is -1.87. The van der Waals surface area contributed by atoms with Crippen LogP contribution in [0.4, 0.5) is 18.3 Å². The zero-order valence-corrected chi connectivity index (χ0v) is 11.9. The van der Waals surface area contributed by atoms with E-state index in [1.54, 1.807) is 0 Å². The van der Waals surface area contributed by atoms with Crippen molar-refractivity contribution in [3.8, 4) is 5.19 Å². The van der Waals surface area contributed by atoms with Gasteiger partial charge in [-0.2, -0.15) is 13.2 Å². The number of benzene rings is 1. The third kappa shape index (κ3) is 3.61. The maximum atomic E-state index is 12.5. The number of methoxy groups -OCH3 is 1. The Labute approximate surface area is 125 Å². The molecule has 2 rings (SSSR count). The molecule has 1 amide bonds. The average Bonchev–Trinajstić information content (AvgIpc) is 2.85. The predicted octanol–water partition coefficient (Wildman–Crippen LogP) is 3.47. The summed E-state index contributed by atoms with van der Waals surface area (Å²) in [6.45, 7) is 0. The number of halogens is 4. The first-order chi connectivity index (χ1) is 9.81. The molecule has 0 saturated heterocycles. The SMILES string of the molecule is COc1nnc(NC(=O)c2ccc(C(F)(F)F)cc2Cl)s1. The molecule has 10 heteroatoms. The second-order valence-corrected chi connectivity index (χ2v) is 5.07. The molecule has 0 aliphatic carbocycles. The van der Waals surface area contributed by atoms with Crippen LogP contribution in [0.15, 0.2) is 18.2 Å². The smallest absolute Gasteiger partial charge is 0.416 e. The van der Waals surface area contributed by atoms with E-state index in [-0.39, 0.29) is 20.9 Å². The summed E-state index contributed by atoms with van der Waals surface area (Å²) in [6, 6.07) is 2.47. The number of nitrogens with one attached hydrogen (secondary N) is 1. The predicted molar refractivity (Wildman–Crippen MR) is 70.9 cm³/mol. The van der Waals surface area contributed by atoms with Crippen molar-refractivity contribution >= 4 is 34.0 Å². The number of nitrogens with zero attached hydrogens (tertiary/aromatic N) is 2. The fourth-order valence-corrected chi connectivity index (χ4v) is 2.20. The Kier molecular flexibility index (Phi) is 4.33. The molecule has 0 bridgehead atoms. The van der Waals surface area contributed by atoms with Crippen molar-refractivity contribution in [3.63, 3.8) is 0 Å². The minimum atomic E-state index is -4.52. The van der Waals surface area contributed by atoms with Crippen molar-refractivity contribution in [1.29, 1.82) is 0 Å². The summed E-state index contributed by atoms with van der Waals surface area (Å²) in [4.78, 5) is 11.9. The first kappa shape index (κ1) is 15.5. The number of hydrogen-bond acceptors (Lipinski definition) is 5. The molecule has 0 aliphatic rings. The second-order valence-electron chi connectivity index (χ2n) is 3.72. The summed E-state index contributed by atoms with van der Waals surface area (Å²) in [6.07, 6.45) is -4.52. The summed E-state index contributed by atoms with van der Waals surface area (Å²) < 4.78 is 42.3. The van der Waals surface area contributed by atoms with E-state index in [0.29, 0.717) is 6.07 Å². The number of anilines is 1. The Bertz CT molecular complexity index is 675. The highest BCUT2D eigenvalue weighted by molar-refractivity contribution is 7.17. The van der Waals surface area contributed by atoms with Gasteiger partial charge in [-0.1, -0.05) is 16.7 Å². The molecule has 1 aromatic heterocycles. The molecular formula is C11H7ClF3N3O2S. The summed E-state index contributed by atoms with van der Waals surface area (Å²) in [5.41, 5.74) is -1.03. The second kappa shape index (κ2) is 5.86. The van der Waals surface area contributed by atoms with Gasteiger partial charge in [0.2, 0.25) is 5.13 Å². The number of amides is 1. The van der Waals surface area contributed by atoms with Gasteiger partial charge in [-0.3, -0.25) is 10.1 Å². The van der Waals surface area contributed by atoms with Crippen LogP contribution in [-0.4, -0.2) is 23.2 Å². The lowest BCUT2D eigenvalue weighted by Crippen LogP contribution is -2.13. The van der Waals surface area contributed by atoms with E-state index >= 15 is 0 Å². The Morgan fingerprint density at radius 3 is 2.62 bits per heavy atom. The quantitative estimate of drug-likeness (QED) is 0.931. The third-order valence-corrected chi connectivity index (χ3v) is 3.46. The van der Waals surface area contributed by atoms with Crippen LogP contribution in [0.3, 0.4) is 0 Å². The van der Waals surface area contributed by atoms with Gasteiger partial charge in [0.25, 0.3) is 11.1 Å². The van der Waals surface area contributed by atoms with Crippen molar-refractivity contribution in [3.05, 3.63) is 34.3 Å². The number of rotatable bonds is 3. The largest absolute Gasteiger partial charge is 0.472 e. The zero-order valence-electron chi connectivity index (χ0n) is 10.4. The minimum Gasteiger partial charge on any atom is -0.472 e. The van der Waals surface area contributed by atoms with Gasteiger partial charge in [0.05, 0.1) is 23.3 Å². The molecule has 1 heterocycles. The van der Waals surface area contributed by atoms with Gasteiger partial charge in [-0.05, 0) is 29.5 Å². The highest BCUT2D eigenvalue weighted by Gasteiger charge is 2.31. The normalized spacial score (nSPS) is 11.3. The Morgan fingerprint density at radius 1 is 1.38 bits per heavy atom. The van der Waals surface area contributed by atoms with Crippen LogP contribution in [0.2, 0.25) is 5.02 Å². The summed E-state index contributed by atoms with van der Waals surface area (Å²) in [7, 11) is 1.39. The zero-order chi connectivity index (χ0) is 15.6. The molecule has 1 N–H and O–H groups in total. The van der Waals surface area contributed by atoms with E-state index in [0.717, 1.165) is 23.5 Å². The van der Waals surface area contributed by atoms with Gasteiger partial charge in [0.1, 0.15) is 0 Å². The molecule has 0 aliphatic heterocycles. The maximum absolute atomic E-state index is 12.5. The van der Waals surface area contributed by atoms with Crippen LogP contribution >= 0.6 is 22.9 Å². The lowest BCUT2D eigenvalue weighted by atomic mass is 10.1. The van der Waals surface area contributed by atoms with E-state index in [1.807, 2.05) is 0 Å². The molecule has 0 unspecified atom stereocenters. The highest BCUT2D eigenvalue weighted by atomic mass is 35.5. The van der Waals surface area contributed by atoms with Gasteiger partial charge in [0.15, 0.2) is 0 Å². The van der Waals surface area contributed by atoms with Crippen molar-refractivity contribution in [1.82, 2.24) is 10.2 Å². The Morgan fingerprint density at radius 2 is 2.10 bits per heavy atom. The van der Waals surface area contributed by atoms with Crippen LogP contribution in [0, 0.1) is 0 Å². The van der Waals surface area contributed by atoms with Gasteiger partial charge < -0.3 is 4.74 Å². The van der Waals surface area contributed by atoms with Crippen molar-refractivity contribution < 1.29 is 22.7 Å². The van der Waals surface area contributed by atoms with Crippen LogP contribution in [0.1, 0.15) is 15.9 Å². The van der Waals surface area contributed by atoms with Gasteiger partial charge in [0, 0.05) is 0 Å². The molecule has 0 radical (unpaired) electrons. The minimum absolute atomic E-state index is 0.0983. The summed E-state index contributed by atoms with van der Waals surface area (Å²) in [5.74, 6) is -0.687. The number of ether oxygens (including phenoxy) is 1. The molecule has 0 saturated carbocycles. The molecular weight excluding hydrogens is 331 g/mol. The molecule has 112 valence electrons. The number of alkyl halides is 3. The Balaban J connectivity index is 2.19. The maximum Gasteiger partial charge on any atom is 0.416 e. The highest BCUT2D eigenvalue weighted by Crippen LogP contribution is 2.32. The third-order valence-electron chi connectivity index (χ3n) is 2.34. The first-order valence-corrected chi connectivity index (χ1v) is 6.56. The van der Waals surface area contributed by atoms with Crippen LogP contribution in [-0.2, 0) is 6.18 Å². The van der Waals surface area contributed by atoms with Crippen molar-refractivity contribution in [2.24, 2.45) is 0 Å². The van der Waals surface area contributed by atoms with Crippen molar-refractivity contribution in [2.75, 3.05) is 12.4 Å². The molecule has 21 heavy (non-hydrogen) atoms. The van der Waals surface area contributed by atoms with Gasteiger partial charge >= 0.3 is 6.18 Å². The number of carbonyl (C=O) groups excluding carboxylic acids is 1. The van der Waals surface area contributed by atoms with Gasteiger partial charge in [-0.25, -0.2) is 0 Å². The molecule has 2 aromatic rings. The fraction of sp³-hybridized carbons (Fsp3) is 0.182. The molecule has 1 aromatic carbocycles. The first-order valence-electron chi connectivity index (χ1n) is 5.37.